The van der Waals surface area contributed by atoms with Gasteiger partial charge in [0, 0.05) is 31.7 Å². The highest BCUT2D eigenvalue weighted by molar-refractivity contribution is 5.84. The van der Waals surface area contributed by atoms with Gasteiger partial charge >= 0.3 is 0 Å². The molecule has 3 fully saturated rings. The van der Waals surface area contributed by atoms with Crippen molar-refractivity contribution in [1.29, 1.82) is 0 Å². The third-order valence-corrected chi connectivity index (χ3v) is 5.39. The van der Waals surface area contributed by atoms with E-state index in [9.17, 15) is 4.79 Å². The first-order valence-corrected chi connectivity index (χ1v) is 7.65. The Labute approximate surface area is 115 Å². The molecule has 0 bridgehead atoms. The van der Waals surface area contributed by atoms with Gasteiger partial charge in [0.15, 0.2) is 0 Å². The summed E-state index contributed by atoms with van der Waals surface area (Å²) < 4.78 is 0. The van der Waals surface area contributed by atoms with Gasteiger partial charge in [0.1, 0.15) is 0 Å². The molecule has 19 heavy (non-hydrogen) atoms. The number of primary amides is 1. The number of fused-ring (bicyclic) bond motifs is 1. The summed E-state index contributed by atoms with van der Waals surface area (Å²) in [6.07, 6.45) is 6.35. The second kappa shape index (κ2) is 5.04. The number of rotatable bonds is 2. The maximum atomic E-state index is 11.6. The number of nitrogens with two attached hydrogens (primary N) is 2. The molecule has 5 nitrogen and oxygen atoms in total. The summed E-state index contributed by atoms with van der Waals surface area (Å²) in [5.74, 6) is -0.322. The van der Waals surface area contributed by atoms with Gasteiger partial charge in [-0.2, -0.15) is 0 Å². The van der Waals surface area contributed by atoms with E-state index in [1.54, 1.807) is 0 Å². The largest absolute Gasteiger partial charge is 0.368 e. The predicted molar refractivity (Wildman–Crippen MR) is 74.5 cm³/mol. The normalized spacial score (nSPS) is 41.1. The minimum absolute atomic E-state index is 0.322. The molecule has 0 aromatic carbocycles. The van der Waals surface area contributed by atoms with E-state index in [0.29, 0.717) is 6.04 Å². The molecule has 4 N–H and O–H groups in total. The summed E-state index contributed by atoms with van der Waals surface area (Å²) in [6, 6.07) is 1.19. The smallest absolute Gasteiger partial charge is 0.237 e. The van der Waals surface area contributed by atoms with E-state index >= 15 is 0 Å². The summed E-state index contributed by atoms with van der Waals surface area (Å²) in [4.78, 5) is 16.7. The van der Waals surface area contributed by atoms with Crippen LogP contribution in [0.2, 0.25) is 0 Å². The highest BCUT2D eigenvalue weighted by Gasteiger charge is 2.41. The van der Waals surface area contributed by atoms with Gasteiger partial charge in [-0.1, -0.05) is 0 Å². The Morgan fingerprint density at radius 3 is 2.58 bits per heavy atom. The minimum atomic E-state index is -0.768. The molecule has 1 saturated carbocycles. The van der Waals surface area contributed by atoms with Gasteiger partial charge in [0.2, 0.25) is 5.91 Å². The van der Waals surface area contributed by atoms with Crippen LogP contribution in [0.15, 0.2) is 0 Å². The van der Waals surface area contributed by atoms with Crippen LogP contribution in [0.1, 0.15) is 38.5 Å². The molecule has 2 heterocycles. The lowest BCUT2D eigenvalue weighted by Crippen LogP contribution is -2.61. The zero-order valence-corrected chi connectivity index (χ0v) is 11.7. The summed E-state index contributed by atoms with van der Waals surface area (Å²) >= 11 is 0. The first kappa shape index (κ1) is 13.3. The number of hydrogen-bond acceptors (Lipinski definition) is 4. The molecule has 3 rings (SSSR count). The van der Waals surface area contributed by atoms with Gasteiger partial charge in [0.05, 0.1) is 5.54 Å². The molecule has 3 unspecified atom stereocenters. The lowest BCUT2D eigenvalue weighted by Gasteiger charge is -2.46. The number of amides is 1. The topological polar surface area (TPSA) is 75.6 Å². The van der Waals surface area contributed by atoms with Crippen molar-refractivity contribution in [3.05, 3.63) is 0 Å². The van der Waals surface area contributed by atoms with Crippen LogP contribution in [0.5, 0.6) is 0 Å². The van der Waals surface area contributed by atoms with Crippen LogP contribution >= 0.6 is 0 Å². The van der Waals surface area contributed by atoms with Crippen LogP contribution in [-0.4, -0.2) is 59.5 Å². The summed E-state index contributed by atoms with van der Waals surface area (Å²) in [5.41, 5.74) is 10.9. The molecule has 0 aromatic rings. The fourth-order valence-corrected chi connectivity index (χ4v) is 4.16. The van der Waals surface area contributed by atoms with E-state index in [2.05, 4.69) is 9.80 Å². The summed E-state index contributed by atoms with van der Waals surface area (Å²) in [6.45, 7) is 4.72. The Hall–Kier alpha value is -0.650. The maximum Gasteiger partial charge on any atom is 0.237 e. The number of hydrogen-bond donors (Lipinski definition) is 2. The lowest BCUT2D eigenvalue weighted by atomic mass is 9.78. The van der Waals surface area contributed by atoms with Crippen LogP contribution < -0.4 is 11.5 Å². The molecule has 108 valence electrons. The third-order valence-electron chi connectivity index (χ3n) is 5.39. The molecule has 0 radical (unpaired) electrons. The molecule has 2 saturated heterocycles. The van der Waals surface area contributed by atoms with Crippen LogP contribution in [-0.2, 0) is 4.79 Å². The average Bonchev–Trinajstić information content (AvgIpc) is 2.85. The molecule has 1 amide bonds. The first-order valence-electron chi connectivity index (χ1n) is 7.65. The Bertz CT molecular complexity index is 361. The molecular weight excluding hydrogens is 240 g/mol. The van der Waals surface area contributed by atoms with Crippen molar-refractivity contribution in [2.24, 2.45) is 11.5 Å². The van der Waals surface area contributed by atoms with E-state index in [1.807, 2.05) is 0 Å². The number of carbonyl (C=O) groups is 1. The van der Waals surface area contributed by atoms with Crippen LogP contribution in [0.4, 0.5) is 0 Å². The number of nitrogens with zero attached hydrogens (tertiary/aromatic N) is 2. The molecule has 3 aliphatic rings. The van der Waals surface area contributed by atoms with E-state index in [-0.39, 0.29) is 5.91 Å². The van der Waals surface area contributed by atoms with Gasteiger partial charge in [-0.05, 0) is 45.1 Å². The highest BCUT2D eigenvalue weighted by atomic mass is 16.1. The monoisotopic (exact) mass is 266 g/mol. The Morgan fingerprint density at radius 2 is 1.79 bits per heavy atom. The van der Waals surface area contributed by atoms with Crippen molar-refractivity contribution in [3.63, 3.8) is 0 Å². The van der Waals surface area contributed by atoms with Gasteiger partial charge < -0.3 is 11.5 Å². The highest BCUT2D eigenvalue weighted by Crippen LogP contribution is 2.32. The SMILES string of the molecule is NC(=O)C1(N)CCCC(N2CCN3CCCC3C2)C1. The van der Waals surface area contributed by atoms with E-state index in [1.165, 1.54) is 32.4 Å². The predicted octanol–water partition coefficient (Wildman–Crippen LogP) is -0.108. The van der Waals surface area contributed by atoms with Crippen molar-refractivity contribution >= 4 is 5.91 Å². The van der Waals surface area contributed by atoms with Crippen molar-refractivity contribution in [2.45, 2.75) is 56.1 Å². The van der Waals surface area contributed by atoms with Crippen LogP contribution in [0, 0.1) is 0 Å². The maximum absolute atomic E-state index is 11.6. The molecule has 2 aliphatic heterocycles. The van der Waals surface area contributed by atoms with Crippen molar-refractivity contribution in [1.82, 2.24) is 9.80 Å². The molecule has 1 aliphatic carbocycles. The third kappa shape index (κ3) is 2.51. The first-order chi connectivity index (χ1) is 9.08. The van der Waals surface area contributed by atoms with E-state index < -0.39 is 5.54 Å². The van der Waals surface area contributed by atoms with Gasteiger partial charge in [0.25, 0.3) is 0 Å². The zero-order chi connectivity index (χ0) is 13.5. The molecule has 5 heteroatoms. The Morgan fingerprint density at radius 1 is 1.05 bits per heavy atom. The average molecular weight is 266 g/mol. The lowest BCUT2D eigenvalue weighted by molar-refractivity contribution is -0.125. The fourth-order valence-electron chi connectivity index (χ4n) is 4.16. The Kier molecular flexibility index (Phi) is 3.53. The fraction of sp³-hybridized carbons (Fsp3) is 0.929. The second-order valence-electron chi connectivity index (χ2n) is 6.60. The number of carbonyl (C=O) groups excluding carboxylic acids is 1. The van der Waals surface area contributed by atoms with E-state index in [0.717, 1.165) is 38.4 Å². The molecule has 0 spiro atoms. The molecule has 3 atom stereocenters. The van der Waals surface area contributed by atoms with Crippen molar-refractivity contribution in [3.8, 4) is 0 Å². The van der Waals surface area contributed by atoms with Crippen molar-refractivity contribution in [2.75, 3.05) is 26.2 Å². The zero-order valence-electron chi connectivity index (χ0n) is 11.7. The summed E-state index contributed by atoms with van der Waals surface area (Å²) in [5, 5.41) is 0. The standard InChI is InChI=1S/C14H26N4O/c15-13(19)14(16)5-1-3-11(9-14)18-8-7-17-6-2-4-12(17)10-18/h11-12H,1-10,16H2,(H2,15,19). The van der Waals surface area contributed by atoms with Crippen molar-refractivity contribution < 1.29 is 4.79 Å². The minimum Gasteiger partial charge on any atom is -0.368 e. The molecular formula is C14H26N4O. The van der Waals surface area contributed by atoms with Crippen LogP contribution in [0.3, 0.4) is 0 Å². The van der Waals surface area contributed by atoms with Gasteiger partial charge in [-0.25, -0.2) is 0 Å². The van der Waals surface area contributed by atoms with E-state index in [4.69, 9.17) is 11.5 Å². The van der Waals surface area contributed by atoms with Crippen LogP contribution in [0.25, 0.3) is 0 Å². The quantitative estimate of drug-likeness (QED) is 0.731. The number of piperazine rings is 1. The Balaban J connectivity index is 1.64. The second-order valence-corrected chi connectivity index (χ2v) is 6.60. The van der Waals surface area contributed by atoms with Gasteiger partial charge in [-0.3, -0.25) is 14.6 Å². The summed E-state index contributed by atoms with van der Waals surface area (Å²) in [7, 11) is 0. The van der Waals surface area contributed by atoms with Gasteiger partial charge in [-0.15, -0.1) is 0 Å². The molecule has 0 aromatic heterocycles.